The lowest BCUT2D eigenvalue weighted by Crippen LogP contribution is -2.11. The lowest BCUT2D eigenvalue weighted by molar-refractivity contribution is 0.117. The summed E-state index contributed by atoms with van der Waals surface area (Å²) in [5, 5.41) is 3.24. The van der Waals surface area contributed by atoms with Gasteiger partial charge in [0.05, 0.1) is 6.54 Å². The molecule has 1 aromatic rings. The second kappa shape index (κ2) is 5.83. The minimum atomic E-state index is 0.573. The summed E-state index contributed by atoms with van der Waals surface area (Å²) in [6.45, 7) is 9.18. The molecule has 1 N–H and O–H groups in total. The third-order valence-electron chi connectivity index (χ3n) is 2.06. The predicted octanol–water partition coefficient (Wildman–Crippen LogP) is 2.23. The fraction of sp³-hybridized carbons (Fsp3) is 0.636. The highest BCUT2D eigenvalue weighted by Crippen LogP contribution is 2.15. The van der Waals surface area contributed by atoms with Crippen molar-refractivity contribution in [1.82, 2.24) is 5.32 Å². The maximum atomic E-state index is 5.63. The lowest BCUT2D eigenvalue weighted by Gasteiger charge is -1.99. The first-order chi connectivity index (χ1) is 6.77. The van der Waals surface area contributed by atoms with Gasteiger partial charge in [-0.3, -0.25) is 0 Å². The molecule has 3 nitrogen and oxygen atoms in total. The van der Waals surface area contributed by atoms with E-state index in [1.807, 2.05) is 13.0 Å². The van der Waals surface area contributed by atoms with Gasteiger partial charge in [-0.1, -0.05) is 6.92 Å². The van der Waals surface area contributed by atoms with E-state index in [9.17, 15) is 0 Å². The standard InChI is InChI=1S/C11H19NO2/c1-4-12-7-11-9(3)6-10(14-11)8-13-5-2/h6,12H,4-5,7-8H2,1-3H3. The number of furan rings is 1. The monoisotopic (exact) mass is 197 g/mol. The first-order valence-corrected chi connectivity index (χ1v) is 5.14. The molecular formula is C11H19NO2. The Hall–Kier alpha value is -0.800. The second-order valence-electron chi connectivity index (χ2n) is 3.24. The average Bonchev–Trinajstić information content (AvgIpc) is 2.53. The molecule has 0 aliphatic carbocycles. The lowest BCUT2D eigenvalue weighted by atomic mass is 10.2. The molecule has 1 rings (SSSR count). The van der Waals surface area contributed by atoms with Gasteiger partial charge in [0.2, 0.25) is 0 Å². The summed E-state index contributed by atoms with van der Waals surface area (Å²) < 4.78 is 10.9. The van der Waals surface area contributed by atoms with Gasteiger partial charge in [-0.05, 0) is 32.0 Å². The summed E-state index contributed by atoms with van der Waals surface area (Å²) in [5.74, 6) is 1.93. The van der Waals surface area contributed by atoms with Crippen molar-refractivity contribution in [2.45, 2.75) is 33.9 Å². The molecule has 0 fully saturated rings. The average molecular weight is 197 g/mol. The number of nitrogens with one attached hydrogen (secondary N) is 1. The molecule has 0 aliphatic rings. The molecule has 0 radical (unpaired) electrons. The van der Waals surface area contributed by atoms with Crippen molar-refractivity contribution < 1.29 is 9.15 Å². The molecule has 0 aromatic carbocycles. The molecule has 0 saturated carbocycles. The highest BCUT2D eigenvalue weighted by molar-refractivity contribution is 5.19. The summed E-state index contributed by atoms with van der Waals surface area (Å²) >= 11 is 0. The molecule has 1 aromatic heterocycles. The maximum Gasteiger partial charge on any atom is 0.130 e. The van der Waals surface area contributed by atoms with Crippen molar-refractivity contribution >= 4 is 0 Å². The van der Waals surface area contributed by atoms with E-state index in [1.165, 1.54) is 5.56 Å². The van der Waals surface area contributed by atoms with Gasteiger partial charge in [0.25, 0.3) is 0 Å². The van der Waals surface area contributed by atoms with Gasteiger partial charge in [0, 0.05) is 6.61 Å². The summed E-state index contributed by atoms with van der Waals surface area (Å²) in [5.41, 5.74) is 1.20. The molecule has 0 bridgehead atoms. The highest BCUT2D eigenvalue weighted by atomic mass is 16.5. The van der Waals surface area contributed by atoms with Crippen LogP contribution in [0.25, 0.3) is 0 Å². The van der Waals surface area contributed by atoms with Crippen molar-refractivity contribution in [1.29, 1.82) is 0 Å². The molecule has 80 valence electrons. The quantitative estimate of drug-likeness (QED) is 0.759. The summed E-state index contributed by atoms with van der Waals surface area (Å²) in [7, 11) is 0. The van der Waals surface area contributed by atoms with Crippen LogP contribution in [0.15, 0.2) is 10.5 Å². The fourth-order valence-electron chi connectivity index (χ4n) is 1.28. The van der Waals surface area contributed by atoms with E-state index >= 15 is 0 Å². The topological polar surface area (TPSA) is 34.4 Å². The molecule has 1 heterocycles. The smallest absolute Gasteiger partial charge is 0.130 e. The largest absolute Gasteiger partial charge is 0.462 e. The van der Waals surface area contributed by atoms with Gasteiger partial charge in [-0.15, -0.1) is 0 Å². The molecule has 0 atom stereocenters. The molecule has 14 heavy (non-hydrogen) atoms. The van der Waals surface area contributed by atoms with Gasteiger partial charge in [0.1, 0.15) is 18.1 Å². The van der Waals surface area contributed by atoms with Gasteiger partial charge >= 0.3 is 0 Å². The SMILES string of the molecule is CCNCc1oc(COCC)cc1C. The zero-order valence-electron chi connectivity index (χ0n) is 9.22. The molecule has 0 unspecified atom stereocenters. The number of rotatable bonds is 6. The van der Waals surface area contributed by atoms with E-state index in [4.69, 9.17) is 9.15 Å². The normalized spacial score (nSPS) is 10.8. The zero-order chi connectivity index (χ0) is 10.4. The minimum absolute atomic E-state index is 0.573. The van der Waals surface area contributed by atoms with Crippen molar-refractivity contribution in [3.05, 3.63) is 23.2 Å². The van der Waals surface area contributed by atoms with Gasteiger partial charge < -0.3 is 14.5 Å². The van der Waals surface area contributed by atoms with E-state index in [-0.39, 0.29) is 0 Å². The van der Waals surface area contributed by atoms with Crippen LogP contribution in [0.5, 0.6) is 0 Å². The Kier molecular flexibility index (Phi) is 4.70. The van der Waals surface area contributed by atoms with Gasteiger partial charge in [0.15, 0.2) is 0 Å². The molecule has 0 aliphatic heterocycles. The Balaban J connectivity index is 2.53. The van der Waals surface area contributed by atoms with Crippen LogP contribution in [0.3, 0.4) is 0 Å². The highest BCUT2D eigenvalue weighted by Gasteiger charge is 2.06. The van der Waals surface area contributed by atoms with Crippen molar-refractivity contribution in [2.24, 2.45) is 0 Å². The Morgan fingerprint density at radius 3 is 2.86 bits per heavy atom. The van der Waals surface area contributed by atoms with Crippen molar-refractivity contribution in [3.8, 4) is 0 Å². The van der Waals surface area contributed by atoms with Crippen molar-refractivity contribution in [3.63, 3.8) is 0 Å². The first kappa shape index (κ1) is 11.3. The van der Waals surface area contributed by atoms with E-state index in [2.05, 4.69) is 19.2 Å². The van der Waals surface area contributed by atoms with Crippen LogP contribution in [-0.2, 0) is 17.9 Å². The van der Waals surface area contributed by atoms with Crippen LogP contribution >= 0.6 is 0 Å². The van der Waals surface area contributed by atoms with Crippen LogP contribution in [-0.4, -0.2) is 13.2 Å². The zero-order valence-corrected chi connectivity index (χ0v) is 9.22. The maximum absolute atomic E-state index is 5.63. The molecular weight excluding hydrogens is 178 g/mol. The number of aryl methyl sites for hydroxylation is 1. The molecule has 3 heteroatoms. The van der Waals surface area contributed by atoms with E-state index in [0.717, 1.165) is 31.2 Å². The number of hydrogen-bond acceptors (Lipinski definition) is 3. The summed E-state index contributed by atoms with van der Waals surface area (Å²) in [6, 6.07) is 2.04. The number of ether oxygens (including phenoxy) is 1. The first-order valence-electron chi connectivity index (χ1n) is 5.14. The van der Waals surface area contributed by atoms with Crippen LogP contribution in [0.1, 0.15) is 30.9 Å². The van der Waals surface area contributed by atoms with Gasteiger partial charge in [-0.2, -0.15) is 0 Å². The number of hydrogen-bond donors (Lipinski definition) is 1. The molecule has 0 saturated heterocycles. The van der Waals surface area contributed by atoms with Crippen molar-refractivity contribution in [2.75, 3.05) is 13.2 Å². The van der Waals surface area contributed by atoms with Crippen LogP contribution < -0.4 is 5.32 Å². The fourth-order valence-corrected chi connectivity index (χ4v) is 1.28. The van der Waals surface area contributed by atoms with Crippen LogP contribution in [0, 0.1) is 6.92 Å². The Morgan fingerprint density at radius 2 is 2.21 bits per heavy atom. The molecule has 0 spiro atoms. The van der Waals surface area contributed by atoms with E-state index < -0.39 is 0 Å². The summed E-state index contributed by atoms with van der Waals surface area (Å²) in [4.78, 5) is 0. The van der Waals surface area contributed by atoms with Gasteiger partial charge in [-0.25, -0.2) is 0 Å². The minimum Gasteiger partial charge on any atom is -0.462 e. The third-order valence-corrected chi connectivity index (χ3v) is 2.06. The second-order valence-corrected chi connectivity index (χ2v) is 3.24. The van der Waals surface area contributed by atoms with E-state index in [0.29, 0.717) is 6.61 Å². The van der Waals surface area contributed by atoms with Crippen LogP contribution in [0.4, 0.5) is 0 Å². The Bertz CT molecular complexity index is 268. The van der Waals surface area contributed by atoms with Crippen LogP contribution in [0.2, 0.25) is 0 Å². The predicted molar refractivity (Wildman–Crippen MR) is 56.2 cm³/mol. The Morgan fingerprint density at radius 1 is 1.43 bits per heavy atom. The summed E-state index contributed by atoms with van der Waals surface area (Å²) in [6.07, 6.45) is 0. The Labute approximate surface area is 85.4 Å². The molecule has 0 amide bonds. The third kappa shape index (κ3) is 3.16. The van der Waals surface area contributed by atoms with E-state index in [1.54, 1.807) is 0 Å².